The van der Waals surface area contributed by atoms with E-state index in [1.165, 1.54) is 12.8 Å². The third-order valence-corrected chi connectivity index (χ3v) is 5.25. The predicted octanol–water partition coefficient (Wildman–Crippen LogP) is 1.36. The van der Waals surface area contributed by atoms with Crippen LogP contribution in [0.5, 0.6) is 0 Å². The van der Waals surface area contributed by atoms with Gasteiger partial charge in [0.25, 0.3) is 0 Å². The first-order chi connectivity index (χ1) is 11.7. The van der Waals surface area contributed by atoms with Crippen molar-refractivity contribution in [3.8, 4) is 0 Å². The summed E-state index contributed by atoms with van der Waals surface area (Å²) in [5, 5.41) is 17.0. The van der Waals surface area contributed by atoms with E-state index in [-0.39, 0.29) is 31.3 Å². The zero-order valence-electron chi connectivity index (χ0n) is 14.4. The van der Waals surface area contributed by atoms with Crippen LogP contribution >= 0.6 is 0 Å². The first kappa shape index (κ1) is 17.4. The number of carbonyl (C=O) groups excluding carboxylic acids is 1. The average Bonchev–Trinajstić information content (AvgIpc) is 3.23. The molecule has 2 heterocycles. The molecule has 2 fully saturated rings. The van der Waals surface area contributed by atoms with Gasteiger partial charge in [0, 0.05) is 6.54 Å². The lowest BCUT2D eigenvalue weighted by Crippen LogP contribution is -2.41. The lowest BCUT2D eigenvalue weighted by molar-refractivity contribution is -0.140. The maximum atomic E-state index is 12.5. The minimum Gasteiger partial charge on any atom is -0.390 e. The number of aromatic nitrogens is 3. The van der Waals surface area contributed by atoms with Crippen LogP contribution in [-0.4, -0.2) is 56.2 Å². The van der Waals surface area contributed by atoms with Crippen LogP contribution in [0.3, 0.4) is 0 Å². The van der Waals surface area contributed by atoms with E-state index in [2.05, 4.69) is 17.2 Å². The fourth-order valence-corrected chi connectivity index (χ4v) is 3.74. The van der Waals surface area contributed by atoms with Crippen LogP contribution in [0.2, 0.25) is 0 Å². The Hall–Kier alpha value is -1.47. The van der Waals surface area contributed by atoms with Gasteiger partial charge in [0.05, 0.1) is 31.5 Å². The van der Waals surface area contributed by atoms with Gasteiger partial charge in [-0.25, -0.2) is 0 Å². The van der Waals surface area contributed by atoms with Gasteiger partial charge in [0.1, 0.15) is 12.3 Å². The topological polar surface area (TPSA) is 80.5 Å². The number of hydrogen-bond acceptors (Lipinski definition) is 5. The van der Waals surface area contributed by atoms with Gasteiger partial charge in [-0.2, -0.15) is 0 Å². The molecule has 1 aromatic heterocycles. The highest BCUT2D eigenvalue weighted by Crippen LogP contribution is 2.26. The van der Waals surface area contributed by atoms with Crippen LogP contribution in [0.1, 0.15) is 51.1 Å². The molecule has 3 rings (SSSR count). The number of hydrogen-bond donors (Lipinski definition) is 1. The summed E-state index contributed by atoms with van der Waals surface area (Å²) in [6.45, 7) is 3.77. The van der Waals surface area contributed by atoms with Gasteiger partial charge >= 0.3 is 0 Å². The van der Waals surface area contributed by atoms with Crippen molar-refractivity contribution in [2.45, 2.75) is 70.7 Å². The minimum absolute atomic E-state index is 0.0821. The van der Waals surface area contributed by atoms with Gasteiger partial charge in [-0.3, -0.25) is 9.48 Å². The smallest absolute Gasteiger partial charge is 0.248 e. The summed E-state index contributed by atoms with van der Waals surface area (Å²) in [5.41, 5.74) is 0.556. The van der Waals surface area contributed by atoms with Gasteiger partial charge in [0.15, 0.2) is 0 Å². The Labute approximate surface area is 143 Å². The summed E-state index contributed by atoms with van der Waals surface area (Å²) in [6, 6.07) is 0.140. The highest BCUT2D eigenvalue weighted by atomic mass is 16.5. The normalized spacial score (nSPS) is 27.6. The Kier molecular flexibility index (Phi) is 5.84. The van der Waals surface area contributed by atoms with Crippen LogP contribution in [-0.2, 0) is 22.7 Å². The molecule has 0 spiro atoms. The van der Waals surface area contributed by atoms with Crippen LogP contribution < -0.4 is 0 Å². The second kappa shape index (κ2) is 8.07. The van der Waals surface area contributed by atoms with Crippen LogP contribution in [0.15, 0.2) is 6.20 Å². The Morgan fingerprint density at radius 1 is 1.33 bits per heavy atom. The Balaban J connectivity index is 1.48. The maximum Gasteiger partial charge on any atom is 0.248 e. The molecular weight excluding hydrogens is 308 g/mol. The number of nitrogens with zero attached hydrogens (tertiary/aromatic N) is 4. The van der Waals surface area contributed by atoms with Gasteiger partial charge in [-0.15, -0.1) is 5.10 Å². The molecular formula is C17H28N4O3. The zero-order valence-corrected chi connectivity index (χ0v) is 14.4. The molecule has 1 aliphatic carbocycles. The number of likely N-dealkylation sites (tertiary alicyclic amines) is 1. The molecule has 24 heavy (non-hydrogen) atoms. The van der Waals surface area contributed by atoms with Crippen LogP contribution in [0, 0.1) is 5.92 Å². The van der Waals surface area contributed by atoms with Crippen molar-refractivity contribution in [2.24, 2.45) is 5.92 Å². The number of rotatable bonds is 6. The SMILES string of the molecule is CC1CCC(OCC(=O)N2CCC[C@H]2Cn2cc(CO)nn2)CC1. The van der Waals surface area contributed by atoms with Crippen molar-refractivity contribution < 1.29 is 14.6 Å². The molecule has 0 bridgehead atoms. The standard InChI is InChI=1S/C17H28N4O3/c1-13-4-6-16(7-5-13)24-12-17(23)21-8-2-3-15(21)10-20-9-14(11-22)18-19-20/h9,13,15-16,22H,2-8,10-12H2,1H3/t13?,15-,16?/m0/s1. The van der Waals surface area contributed by atoms with Crippen molar-refractivity contribution in [2.75, 3.05) is 13.2 Å². The summed E-state index contributed by atoms with van der Waals surface area (Å²) in [4.78, 5) is 14.5. The summed E-state index contributed by atoms with van der Waals surface area (Å²) in [7, 11) is 0. The molecule has 1 aliphatic heterocycles. The highest BCUT2D eigenvalue weighted by Gasteiger charge is 2.30. The summed E-state index contributed by atoms with van der Waals surface area (Å²) in [6.07, 6.45) is 8.51. The van der Waals surface area contributed by atoms with E-state index in [9.17, 15) is 4.79 Å². The second-order valence-corrected chi connectivity index (χ2v) is 7.17. The van der Waals surface area contributed by atoms with E-state index in [1.54, 1.807) is 10.9 Å². The molecule has 1 atom stereocenters. The van der Waals surface area contributed by atoms with E-state index >= 15 is 0 Å². The first-order valence-corrected chi connectivity index (χ1v) is 9.06. The number of amides is 1. The minimum atomic E-state index is -0.110. The van der Waals surface area contributed by atoms with E-state index in [0.29, 0.717) is 12.2 Å². The van der Waals surface area contributed by atoms with Crippen molar-refractivity contribution in [1.82, 2.24) is 19.9 Å². The molecule has 2 aliphatic rings. The molecule has 1 saturated heterocycles. The molecule has 1 N–H and O–H groups in total. The summed E-state index contributed by atoms with van der Waals surface area (Å²) >= 11 is 0. The third kappa shape index (κ3) is 4.33. The largest absolute Gasteiger partial charge is 0.390 e. The Morgan fingerprint density at radius 2 is 2.12 bits per heavy atom. The maximum absolute atomic E-state index is 12.5. The van der Waals surface area contributed by atoms with Crippen LogP contribution in [0.4, 0.5) is 0 Å². The third-order valence-electron chi connectivity index (χ3n) is 5.25. The van der Waals surface area contributed by atoms with E-state index in [1.807, 2.05) is 4.90 Å². The zero-order chi connectivity index (χ0) is 16.9. The van der Waals surface area contributed by atoms with Crippen LogP contribution in [0.25, 0.3) is 0 Å². The number of ether oxygens (including phenoxy) is 1. The average molecular weight is 336 g/mol. The lowest BCUT2D eigenvalue weighted by Gasteiger charge is -2.28. The van der Waals surface area contributed by atoms with E-state index in [0.717, 1.165) is 38.1 Å². The quantitative estimate of drug-likeness (QED) is 0.848. The Morgan fingerprint density at radius 3 is 2.83 bits per heavy atom. The summed E-state index contributed by atoms with van der Waals surface area (Å²) < 4.78 is 7.58. The molecule has 1 saturated carbocycles. The molecule has 7 nitrogen and oxygen atoms in total. The lowest BCUT2D eigenvalue weighted by atomic mass is 9.89. The van der Waals surface area contributed by atoms with Gasteiger partial charge < -0.3 is 14.7 Å². The molecule has 0 aromatic carbocycles. The fraction of sp³-hybridized carbons (Fsp3) is 0.824. The Bertz CT molecular complexity index is 540. The monoisotopic (exact) mass is 336 g/mol. The van der Waals surface area contributed by atoms with E-state index < -0.39 is 0 Å². The van der Waals surface area contributed by atoms with Gasteiger partial charge in [0.2, 0.25) is 5.91 Å². The first-order valence-electron chi connectivity index (χ1n) is 9.06. The van der Waals surface area contributed by atoms with Crippen molar-refractivity contribution in [1.29, 1.82) is 0 Å². The fourth-order valence-electron chi connectivity index (χ4n) is 3.74. The summed E-state index contributed by atoms with van der Waals surface area (Å²) in [5.74, 6) is 0.869. The van der Waals surface area contributed by atoms with Gasteiger partial charge in [-0.05, 0) is 44.4 Å². The van der Waals surface area contributed by atoms with Gasteiger partial charge in [-0.1, -0.05) is 12.1 Å². The van der Waals surface area contributed by atoms with Crippen molar-refractivity contribution in [3.63, 3.8) is 0 Å². The number of aliphatic hydroxyl groups excluding tert-OH is 1. The highest BCUT2D eigenvalue weighted by molar-refractivity contribution is 5.78. The molecule has 0 radical (unpaired) electrons. The molecule has 0 unspecified atom stereocenters. The molecule has 1 amide bonds. The van der Waals surface area contributed by atoms with Crippen molar-refractivity contribution >= 4 is 5.91 Å². The van der Waals surface area contributed by atoms with Crippen molar-refractivity contribution in [3.05, 3.63) is 11.9 Å². The number of aliphatic hydroxyl groups is 1. The second-order valence-electron chi connectivity index (χ2n) is 7.17. The van der Waals surface area contributed by atoms with E-state index in [4.69, 9.17) is 9.84 Å². The number of carbonyl (C=O) groups is 1. The molecule has 134 valence electrons. The predicted molar refractivity (Wildman–Crippen MR) is 88.1 cm³/mol. The molecule has 1 aromatic rings. The molecule has 7 heteroatoms.